The highest BCUT2D eigenvalue weighted by Gasteiger charge is 2.32. The lowest BCUT2D eigenvalue weighted by atomic mass is 9.97. The standard InChI is InChI=1S/C17H18ClN5O4/c1-27-17(24)11-6-8-22(9-7-11)16-14(23(25)26)15(19-10-20-16)21-13-4-2-12(18)3-5-13/h2-5,10-11H,6-9H2,1H3,(H,19,20,21). The van der Waals surface area contributed by atoms with E-state index < -0.39 is 4.92 Å². The lowest BCUT2D eigenvalue weighted by Crippen LogP contribution is -2.37. The van der Waals surface area contributed by atoms with Gasteiger partial charge >= 0.3 is 11.7 Å². The lowest BCUT2D eigenvalue weighted by molar-refractivity contribution is -0.383. The number of nitro groups is 1. The van der Waals surface area contributed by atoms with Gasteiger partial charge in [-0.2, -0.15) is 0 Å². The minimum atomic E-state index is -0.500. The molecular formula is C17H18ClN5O4. The fourth-order valence-electron chi connectivity index (χ4n) is 3.02. The number of hydrogen-bond donors (Lipinski definition) is 1. The zero-order valence-corrected chi connectivity index (χ0v) is 15.3. The number of rotatable bonds is 5. The second-order valence-electron chi connectivity index (χ2n) is 6.07. The van der Waals surface area contributed by atoms with E-state index in [1.807, 2.05) is 0 Å². The van der Waals surface area contributed by atoms with Gasteiger partial charge in [0.05, 0.1) is 18.0 Å². The number of carbonyl (C=O) groups is 1. The third-order valence-corrected chi connectivity index (χ3v) is 4.67. The zero-order chi connectivity index (χ0) is 19.4. The SMILES string of the molecule is COC(=O)C1CCN(c2ncnc(Nc3ccc(Cl)cc3)c2[N+](=O)[O-])CC1. The number of anilines is 3. The van der Waals surface area contributed by atoms with Crippen LogP contribution in [0.4, 0.5) is 23.0 Å². The first-order valence-corrected chi connectivity index (χ1v) is 8.72. The maximum Gasteiger partial charge on any atom is 0.353 e. The normalized spacial score (nSPS) is 14.7. The van der Waals surface area contributed by atoms with Crippen LogP contribution >= 0.6 is 11.6 Å². The number of benzene rings is 1. The van der Waals surface area contributed by atoms with Crippen molar-refractivity contribution >= 4 is 40.6 Å². The van der Waals surface area contributed by atoms with Crippen LogP contribution < -0.4 is 10.2 Å². The quantitative estimate of drug-likeness (QED) is 0.470. The van der Waals surface area contributed by atoms with Crippen molar-refractivity contribution < 1.29 is 14.5 Å². The number of piperidine rings is 1. The van der Waals surface area contributed by atoms with Crippen molar-refractivity contribution in [3.05, 3.63) is 45.7 Å². The summed E-state index contributed by atoms with van der Waals surface area (Å²) in [5, 5.41) is 15.2. The van der Waals surface area contributed by atoms with E-state index in [-0.39, 0.29) is 29.2 Å². The lowest BCUT2D eigenvalue weighted by Gasteiger charge is -2.31. The van der Waals surface area contributed by atoms with Gasteiger partial charge in [0.1, 0.15) is 6.33 Å². The highest BCUT2D eigenvalue weighted by molar-refractivity contribution is 6.30. The molecule has 0 radical (unpaired) electrons. The number of hydrogen-bond acceptors (Lipinski definition) is 8. The molecule has 0 aliphatic carbocycles. The van der Waals surface area contributed by atoms with E-state index in [0.29, 0.717) is 36.6 Å². The summed E-state index contributed by atoms with van der Waals surface area (Å²) in [4.78, 5) is 32.8. The van der Waals surface area contributed by atoms with E-state index in [0.717, 1.165) is 0 Å². The highest BCUT2D eigenvalue weighted by atomic mass is 35.5. The van der Waals surface area contributed by atoms with E-state index in [1.54, 1.807) is 29.2 Å². The molecule has 2 aromatic rings. The number of nitrogens with one attached hydrogen (secondary N) is 1. The average molecular weight is 392 g/mol. The van der Waals surface area contributed by atoms with Crippen LogP contribution in [-0.4, -0.2) is 41.1 Å². The fourth-order valence-corrected chi connectivity index (χ4v) is 3.15. The number of esters is 1. The van der Waals surface area contributed by atoms with E-state index in [4.69, 9.17) is 16.3 Å². The van der Waals surface area contributed by atoms with Gasteiger partial charge in [-0.15, -0.1) is 0 Å². The summed E-state index contributed by atoms with van der Waals surface area (Å²) < 4.78 is 4.78. The van der Waals surface area contributed by atoms with Crippen molar-refractivity contribution in [2.75, 3.05) is 30.4 Å². The molecule has 3 rings (SSSR count). The third kappa shape index (κ3) is 4.25. The van der Waals surface area contributed by atoms with Gasteiger partial charge in [0.2, 0.25) is 11.6 Å². The Morgan fingerprint density at radius 3 is 2.56 bits per heavy atom. The summed E-state index contributed by atoms with van der Waals surface area (Å²) in [5.41, 5.74) is 0.417. The first-order chi connectivity index (χ1) is 13.0. The van der Waals surface area contributed by atoms with Crippen LogP contribution in [0.2, 0.25) is 5.02 Å². The summed E-state index contributed by atoms with van der Waals surface area (Å²) in [6.45, 7) is 0.940. The van der Waals surface area contributed by atoms with Crippen molar-refractivity contribution in [2.45, 2.75) is 12.8 Å². The number of aromatic nitrogens is 2. The minimum Gasteiger partial charge on any atom is -0.469 e. The Bertz CT molecular complexity index is 838. The molecule has 0 amide bonds. The van der Waals surface area contributed by atoms with Crippen LogP contribution in [0.1, 0.15) is 12.8 Å². The molecule has 10 heteroatoms. The summed E-state index contributed by atoms with van der Waals surface area (Å²) in [5.74, 6) is -0.118. The molecule has 0 spiro atoms. The Kier molecular flexibility index (Phi) is 5.70. The second kappa shape index (κ2) is 8.17. The maximum absolute atomic E-state index is 11.7. The van der Waals surface area contributed by atoms with Crippen LogP contribution in [0.5, 0.6) is 0 Å². The topological polar surface area (TPSA) is 110 Å². The number of carbonyl (C=O) groups excluding carboxylic acids is 1. The van der Waals surface area contributed by atoms with E-state index in [1.165, 1.54) is 13.4 Å². The van der Waals surface area contributed by atoms with Crippen molar-refractivity contribution in [1.29, 1.82) is 0 Å². The molecule has 9 nitrogen and oxygen atoms in total. The number of halogens is 1. The molecular weight excluding hydrogens is 374 g/mol. The molecule has 1 aromatic carbocycles. The molecule has 1 saturated heterocycles. The second-order valence-corrected chi connectivity index (χ2v) is 6.50. The van der Waals surface area contributed by atoms with Gasteiger partial charge in [-0.05, 0) is 37.1 Å². The van der Waals surface area contributed by atoms with E-state index in [2.05, 4.69) is 15.3 Å². The van der Waals surface area contributed by atoms with E-state index >= 15 is 0 Å². The Morgan fingerprint density at radius 1 is 1.30 bits per heavy atom. The van der Waals surface area contributed by atoms with Gasteiger partial charge in [-0.1, -0.05) is 11.6 Å². The van der Waals surface area contributed by atoms with E-state index in [9.17, 15) is 14.9 Å². The molecule has 0 saturated carbocycles. The molecule has 142 valence electrons. The molecule has 1 aliphatic rings. The first kappa shape index (κ1) is 18.8. The van der Waals surface area contributed by atoms with Crippen LogP contribution in [0, 0.1) is 16.0 Å². The van der Waals surface area contributed by atoms with Crippen molar-refractivity contribution in [3.8, 4) is 0 Å². The summed E-state index contributed by atoms with van der Waals surface area (Å²) in [7, 11) is 1.36. The molecule has 0 unspecified atom stereocenters. The Balaban J connectivity index is 1.85. The Labute approximate surface area is 160 Å². The van der Waals surface area contributed by atoms with Gasteiger partial charge in [-0.3, -0.25) is 14.9 Å². The molecule has 1 fully saturated rings. The predicted octanol–water partition coefficient (Wildman–Crippen LogP) is 3.17. The minimum absolute atomic E-state index is 0.0995. The number of nitrogens with zero attached hydrogens (tertiary/aromatic N) is 4. The number of methoxy groups -OCH3 is 1. The molecule has 0 bridgehead atoms. The highest BCUT2D eigenvalue weighted by Crippen LogP contribution is 2.35. The van der Waals surface area contributed by atoms with Crippen molar-refractivity contribution in [2.24, 2.45) is 5.92 Å². The predicted molar refractivity (Wildman–Crippen MR) is 100 cm³/mol. The van der Waals surface area contributed by atoms with Crippen LogP contribution in [0.3, 0.4) is 0 Å². The monoisotopic (exact) mass is 391 g/mol. The van der Waals surface area contributed by atoms with Gasteiger partial charge in [0.25, 0.3) is 0 Å². The smallest absolute Gasteiger partial charge is 0.353 e. The summed E-state index contributed by atoms with van der Waals surface area (Å²) >= 11 is 5.87. The largest absolute Gasteiger partial charge is 0.469 e. The molecule has 1 aliphatic heterocycles. The average Bonchev–Trinajstić information content (AvgIpc) is 2.69. The summed E-state index contributed by atoms with van der Waals surface area (Å²) in [6.07, 6.45) is 2.38. The van der Waals surface area contributed by atoms with Gasteiger partial charge in [0.15, 0.2) is 0 Å². The molecule has 1 aromatic heterocycles. The maximum atomic E-state index is 11.7. The van der Waals surface area contributed by atoms with Crippen LogP contribution in [0.15, 0.2) is 30.6 Å². The third-order valence-electron chi connectivity index (χ3n) is 4.42. The Morgan fingerprint density at radius 2 is 1.96 bits per heavy atom. The first-order valence-electron chi connectivity index (χ1n) is 8.34. The summed E-state index contributed by atoms with van der Waals surface area (Å²) in [6, 6.07) is 6.76. The van der Waals surface area contributed by atoms with Gasteiger partial charge in [-0.25, -0.2) is 9.97 Å². The van der Waals surface area contributed by atoms with Crippen molar-refractivity contribution in [1.82, 2.24) is 9.97 Å². The zero-order valence-electron chi connectivity index (χ0n) is 14.6. The van der Waals surface area contributed by atoms with Gasteiger partial charge in [0, 0.05) is 23.8 Å². The molecule has 1 N–H and O–H groups in total. The molecule has 2 heterocycles. The number of ether oxygens (including phenoxy) is 1. The van der Waals surface area contributed by atoms with Crippen LogP contribution in [-0.2, 0) is 9.53 Å². The van der Waals surface area contributed by atoms with Crippen molar-refractivity contribution in [3.63, 3.8) is 0 Å². The van der Waals surface area contributed by atoms with Gasteiger partial charge < -0.3 is 15.0 Å². The molecule has 0 atom stereocenters. The fraction of sp³-hybridized carbons (Fsp3) is 0.353. The van der Waals surface area contributed by atoms with Crippen LogP contribution in [0.25, 0.3) is 0 Å². The Hall–Kier alpha value is -2.94. The molecule has 27 heavy (non-hydrogen) atoms.